The molecule has 78 valence electrons. The number of hydrogen-bond donors (Lipinski definition) is 1. The zero-order chi connectivity index (χ0) is 10.8. The number of pyridine rings is 1. The summed E-state index contributed by atoms with van der Waals surface area (Å²) in [5, 5.41) is 9.88. The Morgan fingerprint density at radius 1 is 1.40 bits per heavy atom. The summed E-state index contributed by atoms with van der Waals surface area (Å²) in [5.74, 6) is -0.212. The minimum Gasteiger partial charge on any atom is -0.506 e. The van der Waals surface area contributed by atoms with Gasteiger partial charge in [0.25, 0.3) is 0 Å². The highest BCUT2D eigenvalue weighted by Gasteiger charge is 2.06. The first-order chi connectivity index (χ1) is 7.20. The second-order valence-electron chi connectivity index (χ2n) is 3.10. The van der Waals surface area contributed by atoms with Crippen LogP contribution >= 0.6 is 0 Å². The molecule has 0 atom stereocenters. The number of ether oxygens (including phenoxy) is 1. The molecule has 0 saturated carbocycles. The quantitative estimate of drug-likeness (QED) is 0.822. The van der Waals surface area contributed by atoms with Crippen molar-refractivity contribution < 1.29 is 14.2 Å². The molecule has 0 radical (unpaired) electrons. The second kappa shape index (κ2) is 3.73. The molecule has 0 spiro atoms. The number of nitrogens with zero attached hydrogens (tertiary/aromatic N) is 1. The van der Waals surface area contributed by atoms with Crippen LogP contribution in [0.2, 0.25) is 0 Å². The fourth-order valence-corrected chi connectivity index (χ4v) is 1.38. The smallest absolute Gasteiger partial charge is 0.167 e. The Bertz CT molecular complexity index is 499. The molecule has 0 amide bonds. The highest BCUT2D eigenvalue weighted by atomic mass is 19.1. The van der Waals surface area contributed by atoms with Crippen LogP contribution in [0.15, 0.2) is 24.4 Å². The lowest BCUT2D eigenvalue weighted by Gasteiger charge is -2.06. The van der Waals surface area contributed by atoms with E-state index >= 15 is 0 Å². The Morgan fingerprint density at radius 2 is 2.20 bits per heavy atom. The molecule has 0 saturated heterocycles. The fourth-order valence-electron chi connectivity index (χ4n) is 1.38. The van der Waals surface area contributed by atoms with Crippen LogP contribution in [0.4, 0.5) is 4.39 Å². The maximum atomic E-state index is 13.4. The minimum absolute atomic E-state index is 0.0524. The standard InChI is InChI=1S/C11H10FNO2/c1-2-15-11-4-7-3-8(14)6-13-10(7)5-9(11)12/h3-6,14H,2H2,1H3. The van der Waals surface area contributed by atoms with Crippen LogP contribution in [0.1, 0.15) is 6.92 Å². The number of aromatic nitrogens is 1. The van der Waals surface area contributed by atoms with E-state index in [1.165, 1.54) is 24.4 Å². The summed E-state index contributed by atoms with van der Waals surface area (Å²) in [6, 6.07) is 4.34. The fraction of sp³-hybridized carbons (Fsp3) is 0.182. The third-order valence-corrected chi connectivity index (χ3v) is 2.02. The predicted molar refractivity (Wildman–Crippen MR) is 54.5 cm³/mol. The molecule has 2 aromatic rings. The van der Waals surface area contributed by atoms with Crippen molar-refractivity contribution >= 4 is 10.9 Å². The van der Waals surface area contributed by atoms with Gasteiger partial charge in [-0.25, -0.2) is 4.39 Å². The maximum Gasteiger partial charge on any atom is 0.167 e. The van der Waals surface area contributed by atoms with Crippen molar-refractivity contribution in [3.8, 4) is 11.5 Å². The van der Waals surface area contributed by atoms with Gasteiger partial charge in [-0.3, -0.25) is 4.98 Å². The molecule has 1 aromatic heterocycles. The summed E-state index contributed by atoms with van der Waals surface area (Å²) in [4.78, 5) is 3.90. The van der Waals surface area contributed by atoms with Gasteiger partial charge in [0.15, 0.2) is 11.6 Å². The highest BCUT2D eigenvalue weighted by Crippen LogP contribution is 2.25. The van der Waals surface area contributed by atoms with Crippen LogP contribution in [0.5, 0.6) is 11.5 Å². The van der Waals surface area contributed by atoms with E-state index in [-0.39, 0.29) is 11.5 Å². The molecule has 0 bridgehead atoms. The molecule has 0 aliphatic rings. The van der Waals surface area contributed by atoms with E-state index in [1.807, 2.05) is 0 Å². The molecule has 4 heteroatoms. The molecule has 0 fully saturated rings. The van der Waals surface area contributed by atoms with Crippen molar-refractivity contribution in [2.45, 2.75) is 6.92 Å². The number of benzene rings is 1. The Labute approximate surface area is 86.1 Å². The van der Waals surface area contributed by atoms with E-state index in [0.717, 1.165) is 0 Å². The monoisotopic (exact) mass is 207 g/mol. The van der Waals surface area contributed by atoms with Crippen molar-refractivity contribution in [2.24, 2.45) is 0 Å². The lowest BCUT2D eigenvalue weighted by atomic mass is 10.2. The van der Waals surface area contributed by atoms with E-state index in [4.69, 9.17) is 4.74 Å². The van der Waals surface area contributed by atoms with Gasteiger partial charge in [-0.2, -0.15) is 0 Å². The van der Waals surface area contributed by atoms with E-state index in [0.29, 0.717) is 17.5 Å². The number of fused-ring (bicyclic) bond motifs is 1. The first-order valence-corrected chi connectivity index (χ1v) is 4.62. The highest BCUT2D eigenvalue weighted by molar-refractivity contribution is 5.81. The molecule has 0 unspecified atom stereocenters. The van der Waals surface area contributed by atoms with Crippen LogP contribution < -0.4 is 4.74 Å². The van der Waals surface area contributed by atoms with Crippen LogP contribution in [0.3, 0.4) is 0 Å². The van der Waals surface area contributed by atoms with E-state index < -0.39 is 5.82 Å². The summed E-state index contributed by atoms with van der Waals surface area (Å²) < 4.78 is 18.5. The molecule has 1 N–H and O–H groups in total. The third kappa shape index (κ3) is 1.83. The Balaban J connectivity index is 2.61. The van der Waals surface area contributed by atoms with Crippen LogP contribution in [0, 0.1) is 5.82 Å². The van der Waals surface area contributed by atoms with Crippen LogP contribution in [0.25, 0.3) is 10.9 Å². The van der Waals surface area contributed by atoms with Gasteiger partial charge in [0.1, 0.15) is 5.75 Å². The summed E-state index contributed by atoms with van der Waals surface area (Å²) >= 11 is 0. The zero-order valence-electron chi connectivity index (χ0n) is 8.20. The molecular formula is C11H10FNO2. The van der Waals surface area contributed by atoms with Crippen LogP contribution in [-0.4, -0.2) is 16.7 Å². The topological polar surface area (TPSA) is 42.4 Å². The van der Waals surface area contributed by atoms with Gasteiger partial charge in [0.2, 0.25) is 0 Å². The minimum atomic E-state index is -0.442. The summed E-state index contributed by atoms with van der Waals surface area (Å²) in [7, 11) is 0. The summed E-state index contributed by atoms with van der Waals surface area (Å²) in [6.45, 7) is 2.18. The average molecular weight is 207 g/mol. The molecule has 2 rings (SSSR count). The normalized spacial score (nSPS) is 10.5. The van der Waals surface area contributed by atoms with Gasteiger partial charge in [-0.15, -0.1) is 0 Å². The molecule has 1 heterocycles. The van der Waals surface area contributed by atoms with E-state index in [2.05, 4.69) is 4.98 Å². The summed E-state index contributed by atoms with van der Waals surface area (Å²) in [6.07, 6.45) is 1.28. The lowest BCUT2D eigenvalue weighted by Crippen LogP contribution is -1.95. The number of rotatable bonds is 2. The summed E-state index contributed by atoms with van der Waals surface area (Å²) in [5.41, 5.74) is 0.494. The van der Waals surface area contributed by atoms with Gasteiger partial charge in [0.05, 0.1) is 18.3 Å². The molecule has 15 heavy (non-hydrogen) atoms. The van der Waals surface area contributed by atoms with Crippen molar-refractivity contribution in [1.29, 1.82) is 0 Å². The molecule has 1 aromatic carbocycles. The van der Waals surface area contributed by atoms with Gasteiger partial charge in [-0.1, -0.05) is 0 Å². The first-order valence-electron chi connectivity index (χ1n) is 4.62. The maximum absolute atomic E-state index is 13.4. The largest absolute Gasteiger partial charge is 0.506 e. The SMILES string of the molecule is CCOc1cc2cc(O)cnc2cc1F. The molecule has 0 aliphatic heterocycles. The van der Waals surface area contributed by atoms with Gasteiger partial charge in [0, 0.05) is 11.5 Å². The molecular weight excluding hydrogens is 197 g/mol. The lowest BCUT2D eigenvalue weighted by molar-refractivity contribution is 0.322. The zero-order valence-corrected chi connectivity index (χ0v) is 8.20. The predicted octanol–water partition coefficient (Wildman–Crippen LogP) is 2.48. The van der Waals surface area contributed by atoms with Gasteiger partial charge >= 0.3 is 0 Å². The number of halogens is 1. The number of hydrogen-bond acceptors (Lipinski definition) is 3. The molecule has 0 aliphatic carbocycles. The van der Waals surface area contributed by atoms with Gasteiger partial charge < -0.3 is 9.84 Å². The van der Waals surface area contributed by atoms with Crippen molar-refractivity contribution in [2.75, 3.05) is 6.61 Å². The van der Waals surface area contributed by atoms with Crippen molar-refractivity contribution in [1.82, 2.24) is 4.98 Å². The molecule has 3 nitrogen and oxygen atoms in total. The second-order valence-corrected chi connectivity index (χ2v) is 3.10. The number of aromatic hydroxyl groups is 1. The Hall–Kier alpha value is -1.84. The van der Waals surface area contributed by atoms with E-state index in [1.54, 1.807) is 6.92 Å². The Kier molecular flexibility index (Phi) is 2.41. The Morgan fingerprint density at radius 3 is 2.93 bits per heavy atom. The third-order valence-electron chi connectivity index (χ3n) is 2.02. The van der Waals surface area contributed by atoms with E-state index in [9.17, 15) is 9.50 Å². The van der Waals surface area contributed by atoms with Crippen molar-refractivity contribution in [3.63, 3.8) is 0 Å². The average Bonchev–Trinajstić information content (AvgIpc) is 2.20. The first kappa shape index (κ1) is 9.71. The van der Waals surface area contributed by atoms with Gasteiger partial charge in [-0.05, 0) is 19.1 Å². The van der Waals surface area contributed by atoms with Crippen LogP contribution in [-0.2, 0) is 0 Å². The van der Waals surface area contributed by atoms with Crippen molar-refractivity contribution in [3.05, 3.63) is 30.2 Å².